The number of anilines is 1. The Hall–Kier alpha value is -4.02. The van der Waals surface area contributed by atoms with Gasteiger partial charge in [-0.1, -0.05) is 12.1 Å². The van der Waals surface area contributed by atoms with Gasteiger partial charge in [0.25, 0.3) is 11.8 Å². The molecule has 9 nitrogen and oxygen atoms in total. The maximum atomic E-state index is 12.7. The van der Waals surface area contributed by atoms with Gasteiger partial charge in [0.1, 0.15) is 17.5 Å². The molecule has 33 heavy (non-hydrogen) atoms. The lowest BCUT2D eigenvalue weighted by molar-refractivity contribution is -0.137. The first kappa shape index (κ1) is 22.2. The number of carbonyl (C=O) groups is 4. The lowest BCUT2D eigenvalue weighted by Crippen LogP contribution is -2.52. The molecule has 2 aromatic carbocycles. The number of alkyl halides is 2. The van der Waals surface area contributed by atoms with Crippen molar-refractivity contribution in [1.29, 1.82) is 0 Å². The molecule has 2 aliphatic rings. The fourth-order valence-electron chi connectivity index (χ4n) is 3.74. The average Bonchev–Trinajstić information content (AvgIpc) is 3.09. The highest BCUT2D eigenvalue weighted by Crippen LogP contribution is 2.30. The van der Waals surface area contributed by atoms with E-state index < -0.39 is 31.1 Å². The molecule has 0 saturated carbocycles. The van der Waals surface area contributed by atoms with Gasteiger partial charge in [0.05, 0.1) is 5.69 Å². The van der Waals surface area contributed by atoms with Gasteiger partial charge in [0.2, 0.25) is 11.8 Å². The third-order valence-electron chi connectivity index (χ3n) is 5.24. The number of rotatable bonds is 7. The van der Waals surface area contributed by atoms with E-state index in [1.807, 2.05) is 0 Å². The Morgan fingerprint density at radius 3 is 2.73 bits per heavy atom. The van der Waals surface area contributed by atoms with Crippen molar-refractivity contribution in [2.75, 3.05) is 11.9 Å². The summed E-state index contributed by atoms with van der Waals surface area (Å²) < 4.78 is 34.9. The number of benzene rings is 2. The maximum absolute atomic E-state index is 12.7. The fraction of sp³-hybridized carbons (Fsp3) is 0.273. The second kappa shape index (κ2) is 9.23. The van der Waals surface area contributed by atoms with Crippen molar-refractivity contribution in [3.63, 3.8) is 0 Å². The van der Waals surface area contributed by atoms with Crippen LogP contribution in [0.2, 0.25) is 0 Å². The summed E-state index contributed by atoms with van der Waals surface area (Å²) in [5.41, 5.74) is 1.11. The zero-order valence-electron chi connectivity index (χ0n) is 17.2. The molecule has 4 amide bonds. The van der Waals surface area contributed by atoms with Crippen LogP contribution in [0.5, 0.6) is 11.5 Å². The van der Waals surface area contributed by atoms with Crippen LogP contribution in [0.15, 0.2) is 42.5 Å². The van der Waals surface area contributed by atoms with Gasteiger partial charge in [0, 0.05) is 18.5 Å². The number of ether oxygens (including phenoxy) is 2. The molecule has 0 aromatic heterocycles. The first-order valence-electron chi connectivity index (χ1n) is 10.1. The Kier molecular flexibility index (Phi) is 6.20. The van der Waals surface area contributed by atoms with Crippen LogP contribution < -0.4 is 20.1 Å². The van der Waals surface area contributed by atoms with Crippen molar-refractivity contribution < 1.29 is 37.4 Å². The third kappa shape index (κ3) is 4.92. The van der Waals surface area contributed by atoms with Crippen molar-refractivity contribution >= 4 is 29.3 Å². The van der Waals surface area contributed by atoms with Crippen LogP contribution in [-0.4, -0.2) is 47.8 Å². The summed E-state index contributed by atoms with van der Waals surface area (Å²) in [4.78, 5) is 49.8. The topological polar surface area (TPSA) is 114 Å². The van der Waals surface area contributed by atoms with Gasteiger partial charge in [-0.2, -0.15) is 8.78 Å². The summed E-state index contributed by atoms with van der Waals surface area (Å²) in [5, 5.41) is 4.69. The van der Waals surface area contributed by atoms with Gasteiger partial charge in [0.15, 0.2) is 6.61 Å². The summed E-state index contributed by atoms with van der Waals surface area (Å²) in [7, 11) is 0. The molecule has 2 N–H and O–H groups in total. The van der Waals surface area contributed by atoms with Gasteiger partial charge in [-0.25, -0.2) is 0 Å². The van der Waals surface area contributed by atoms with Crippen molar-refractivity contribution in [2.45, 2.75) is 32.0 Å². The van der Waals surface area contributed by atoms with Crippen LogP contribution in [0, 0.1) is 0 Å². The molecule has 1 atom stereocenters. The number of nitrogens with zero attached hydrogens (tertiary/aromatic N) is 1. The monoisotopic (exact) mass is 459 g/mol. The highest BCUT2D eigenvalue weighted by molar-refractivity contribution is 6.05. The zero-order chi connectivity index (χ0) is 23.5. The molecule has 4 rings (SSSR count). The predicted octanol–water partition coefficient (Wildman–Crippen LogP) is 2.07. The number of piperidine rings is 1. The molecule has 11 heteroatoms. The Balaban J connectivity index is 1.37. The molecule has 1 saturated heterocycles. The molecule has 2 aliphatic heterocycles. The van der Waals surface area contributed by atoms with E-state index in [9.17, 15) is 28.0 Å². The van der Waals surface area contributed by atoms with Crippen molar-refractivity contribution in [1.82, 2.24) is 10.2 Å². The highest BCUT2D eigenvalue weighted by atomic mass is 19.3. The van der Waals surface area contributed by atoms with Crippen molar-refractivity contribution in [3.8, 4) is 11.5 Å². The minimum absolute atomic E-state index is 0.0748. The molecule has 0 spiro atoms. The van der Waals surface area contributed by atoms with Gasteiger partial charge >= 0.3 is 6.61 Å². The Bertz CT molecular complexity index is 1120. The highest BCUT2D eigenvalue weighted by Gasteiger charge is 2.39. The van der Waals surface area contributed by atoms with Gasteiger partial charge < -0.3 is 19.7 Å². The summed E-state index contributed by atoms with van der Waals surface area (Å²) in [6, 6.07) is 9.70. The van der Waals surface area contributed by atoms with E-state index in [1.54, 1.807) is 18.2 Å². The number of fused-ring (bicyclic) bond motifs is 1. The number of carbonyl (C=O) groups excluding carboxylic acids is 4. The molecule has 172 valence electrons. The van der Waals surface area contributed by atoms with Crippen molar-refractivity contribution in [2.24, 2.45) is 0 Å². The van der Waals surface area contributed by atoms with Crippen LogP contribution in [0.1, 0.15) is 28.8 Å². The predicted molar refractivity (Wildman–Crippen MR) is 110 cm³/mol. The molecular formula is C22H19F2N3O6. The maximum Gasteiger partial charge on any atom is 0.387 e. The van der Waals surface area contributed by atoms with E-state index in [-0.39, 0.29) is 42.6 Å². The summed E-state index contributed by atoms with van der Waals surface area (Å²) in [5.74, 6) is -1.64. The molecule has 1 unspecified atom stereocenters. The van der Waals surface area contributed by atoms with E-state index >= 15 is 0 Å². The fourth-order valence-corrected chi connectivity index (χ4v) is 3.74. The number of imide groups is 1. The van der Waals surface area contributed by atoms with Gasteiger partial charge in [-0.3, -0.25) is 24.5 Å². The Morgan fingerprint density at radius 1 is 1.18 bits per heavy atom. The molecule has 0 bridgehead atoms. The number of halogens is 2. The largest absolute Gasteiger partial charge is 0.484 e. The lowest BCUT2D eigenvalue weighted by Gasteiger charge is -2.29. The molecule has 1 fully saturated rings. The zero-order valence-corrected chi connectivity index (χ0v) is 17.2. The average molecular weight is 459 g/mol. The summed E-state index contributed by atoms with van der Waals surface area (Å²) >= 11 is 0. The van der Waals surface area contributed by atoms with Crippen LogP contribution in [0.3, 0.4) is 0 Å². The molecule has 2 heterocycles. The van der Waals surface area contributed by atoms with Crippen LogP contribution in [-0.2, 0) is 20.9 Å². The number of hydrogen-bond acceptors (Lipinski definition) is 6. The molecule has 2 aromatic rings. The standard InChI is InChI=1S/C22H19F2N3O6/c23-22(24)33-17-4-2-1-3-15(17)25-19(29)11-32-13-5-6-14-12(9-13)10-27(21(14)31)16-7-8-18(28)26-20(16)30/h1-6,9,16,22H,7-8,10-11H2,(H,25,29)(H,26,28,30). The quantitative estimate of drug-likeness (QED) is 0.613. The van der Waals surface area contributed by atoms with Crippen LogP contribution in [0.25, 0.3) is 0 Å². The smallest absolute Gasteiger partial charge is 0.387 e. The minimum atomic E-state index is -3.03. The number of nitrogens with one attached hydrogen (secondary N) is 2. The van der Waals surface area contributed by atoms with Crippen LogP contribution >= 0.6 is 0 Å². The normalized spacial score (nSPS) is 17.6. The summed E-state index contributed by atoms with van der Waals surface area (Å²) in [6.07, 6.45) is 0.413. The second-order valence-corrected chi connectivity index (χ2v) is 7.43. The van der Waals surface area contributed by atoms with E-state index in [0.717, 1.165) is 0 Å². The van der Waals surface area contributed by atoms with E-state index in [0.29, 0.717) is 16.9 Å². The van der Waals surface area contributed by atoms with Crippen molar-refractivity contribution in [3.05, 3.63) is 53.6 Å². The van der Waals surface area contributed by atoms with Gasteiger partial charge in [-0.15, -0.1) is 0 Å². The molecule has 0 radical (unpaired) electrons. The van der Waals surface area contributed by atoms with Crippen LogP contribution in [0.4, 0.5) is 14.5 Å². The number of amides is 4. The van der Waals surface area contributed by atoms with E-state index in [2.05, 4.69) is 15.4 Å². The molecule has 0 aliphatic carbocycles. The summed E-state index contributed by atoms with van der Waals surface area (Å²) in [6.45, 7) is -3.28. The van der Waals surface area contributed by atoms with E-state index in [1.165, 1.54) is 29.2 Å². The lowest BCUT2D eigenvalue weighted by atomic mass is 10.0. The first-order chi connectivity index (χ1) is 15.8. The van der Waals surface area contributed by atoms with E-state index in [4.69, 9.17) is 4.74 Å². The minimum Gasteiger partial charge on any atom is -0.484 e. The molecular weight excluding hydrogens is 440 g/mol. The number of hydrogen-bond donors (Lipinski definition) is 2. The Labute approximate surface area is 186 Å². The number of para-hydroxylation sites is 2. The Morgan fingerprint density at radius 2 is 1.97 bits per heavy atom. The first-order valence-corrected chi connectivity index (χ1v) is 10.1. The second-order valence-electron chi connectivity index (χ2n) is 7.43. The SMILES string of the molecule is O=C1CCC(N2Cc3cc(OCC(=O)Nc4ccccc4OC(F)F)ccc3C2=O)C(=O)N1. The third-order valence-corrected chi connectivity index (χ3v) is 5.24. The van der Waals surface area contributed by atoms with Gasteiger partial charge in [-0.05, 0) is 42.3 Å².